The molecule has 0 atom stereocenters. The Labute approximate surface area is 167 Å². The van der Waals surface area contributed by atoms with Gasteiger partial charge in [0.1, 0.15) is 11.2 Å². The smallest absolute Gasteiger partial charge is 0.262 e. The third-order valence-electron chi connectivity index (χ3n) is 5.87. The number of aromatic amines is 1. The number of aromatic nitrogens is 5. The molecule has 2 aliphatic rings. The first-order valence-corrected chi connectivity index (χ1v) is 10.8. The van der Waals surface area contributed by atoms with Crippen LogP contribution in [0.1, 0.15) is 62.5 Å². The first-order valence-electron chi connectivity index (χ1n) is 9.94. The Morgan fingerprint density at radius 2 is 2.04 bits per heavy atom. The highest BCUT2D eigenvalue weighted by atomic mass is 32.1. The molecule has 1 N–H and O–H groups in total. The zero-order chi connectivity index (χ0) is 19.3. The molecule has 0 spiro atoms. The van der Waals surface area contributed by atoms with Crippen molar-refractivity contribution in [3.63, 3.8) is 0 Å². The van der Waals surface area contributed by atoms with Gasteiger partial charge in [-0.15, -0.1) is 11.3 Å². The molecule has 3 aromatic rings. The molecule has 1 saturated heterocycles. The van der Waals surface area contributed by atoms with E-state index in [4.69, 9.17) is 4.98 Å². The maximum absolute atomic E-state index is 12.6. The largest absolute Gasteiger partial charge is 0.346 e. The van der Waals surface area contributed by atoms with E-state index in [0.717, 1.165) is 53.8 Å². The lowest BCUT2D eigenvalue weighted by molar-refractivity contribution is 0.335. The Hall–Kier alpha value is -2.48. The van der Waals surface area contributed by atoms with Gasteiger partial charge in [-0.3, -0.25) is 4.79 Å². The molecule has 1 aliphatic heterocycles. The molecular weight excluding hydrogens is 372 g/mol. The highest BCUT2D eigenvalue weighted by Gasteiger charge is 2.33. The molecule has 5 rings (SSSR count). The SMILES string of the molecule is C=C(C)c1csc(N2CC(c3nc4c(cnn4C4CCCCC4)c(=O)[nH]3)C2)n1. The fourth-order valence-electron chi connectivity index (χ4n) is 4.15. The van der Waals surface area contributed by atoms with E-state index < -0.39 is 0 Å². The monoisotopic (exact) mass is 396 g/mol. The average Bonchev–Trinajstić information content (AvgIpc) is 3.29. The number of rotatable bonds is 4. The summed E-state index contributed by atoms with van der Waals surface area (Å²) >= 11 is 1.63. The molecule has 0 aromatic carbocycles. The number of thiazole rings is 1. The maximum Gasteiger partial charge on any atom is 0.262 e. The third kappa shape index (κ3) is 2.96. The lowest BCUT2D eigenvalue weighted by Crippen LogP contribution is -2.46. The molecule has 1 aliphatic carbocycles. The van der Waals surface area contributed by atoms with Crippen molar-refractivity contribution in [1.29, 1.82) is 0 Å². The topological polar surface area (TPSA) is 79.7 Å². The molecule has 0 bridgehead atoms. The van der Waals surface area contributed by atoms with Crippen molar-refractivity contribution < 1.29 is 0 Å². The Balaban J connectivity index is 1.39. The molecule has 1 saturated carbocycles. The van der Waals surface area contributed by atoms with Gasteiger partial charge in [0.05, 0.1) is 23.9 Å². The van der Waals surface area contributed by atoms with Crippen LogP contribution in [0.2, 0.25) is 0 Å². The van der Waals surface area contributed by atoms with Gasteiger partial charge >= 0.3 is 0 Å². The highest BCUT2D eigenvalue weighted by molar-refractivity contribution is 7.13. The van der Waals surface area contributed by atoms with Crippen molar-refractivity contribution in [2.45, 2.75) is 51.0 Å². The van der Waals surface area contributed by atoms with Gasteiger partial charge in [-0.25, -0.2) is 14.6 Å². The van der Waals surface area contributed by atoms with Crippen molar-refractivity contribution in [3.8, 4) is 0 Å². The predicted octanol–water partition coefficient (Wildman–Crippen LogP) is 3.72. The van der Waals surface area contributed by atoms with Gasteiger partial charge in [0, 0.05) is 18.5 Å². The maximum atomic E-state index is 12.6. The second kappa shape index (κ2) is 6.84. The third-order valence-corrected chi connectivity index (χ3v) is 6.77. The number of nitrogens with zero attached hydrogens (tertiary/aromatic N) is 5. The van der Waals surface area contributed by atoms with E-state index >= 15 is 0 Å². The fraction of sp³-hybridized carbons (Fsp3) is 0.500. The molecule has 8 heteroatoms. The minimum atomic E-state index is -0.0840. The van der Waals surface area contributed by atoms with Crippen LogP contribution < -0.4 is 10.5 Å². The first kappa shape index (κ1) is 17.6. The van der Waals surface area contributed by atoms with Crippen LogP contribution in [0.15, 0.2) is 23.0 Å². The standard InChI is InChI=1S/C20H24N6OS/c1-12(2)16-11-28-20(22-16)25-9-13(10-25)17-23-18-15(19(27)24-17)8-21-26(18)14-6-4-3-5-7-14/h8,11,13-14H,1,3-7,9-10H2,2H3,(H,23,24,27). The quantitative estimate of drug-likeness (QED) is 0.727. The zero-order valence-electron chi connectivity index (χ0n) is 16.0. The Kier molecular flexibility index (Phi) is 4.30. The van der Waals surface area contributed by atoms with E-state index in [1.807, 2.05) is 17.0 Å². The molecule has 28 heavy (non-hydrogen) atoms. The number of H-pyrrole nitrogens is 1. The van der Waals surface area contributed by atoms with Crippen LogP contribution in [0.3, 0.4) is 0 Å². The van der Waals surface area contributed by atoms with Gasteiger partial charge in [-0.1, -0.05) is 25.8 Å². The molecule has 0 radical (unpaired) electrons. The summed E-state index contributed by atoms with van der Waals surface area (Å²) in [6.07, 6.45) is 7.64. The number of hydrogen-bond acceptors (Lipinski definition) is 6. The highest BCUT2D eigenvalue weighted by Crippen LogP contribution is 2.34. The molecule has 0 unspecified atom stereocenters. The van der Waals surface area contributed by atoms with Crippen molar-refractivity contribution in [2.75, 3.05) is 18.0 Å². The van der Waals surface area contributed by atoms with Crippen molar-refractivity contribution in [3.05, 3.63) is 40.0 Å². The van der Waals surface area contributed by atoms with Crippen molar-refractivity contribution in [1.82, 2.24) is 24.7 Å². The van der Waals surface area contributed by atoms with Crippen LogP contribution in [-0.4, -0.2) is 37.8 Å². The minimum Gasteiger partial charge on any atom is -0.346 e. The van der Waals surface area contributed by atoms with E-state index in [1.165, 1.54) is 19.3 Å². The molecular formula is C20H24N6OS. The number of hydrogen-bond donors (Lipinski definition) is 1. The minimum absolute atomic E-state index is 0.0840. The summed E-state index contributed by atoms with van der Waals surface area (Å²) in [5, 5.41) is 8.15. The molecule has 4 heterocycles. The Morgan fingerprint density at radius 3 is 2.75 bits per heavy atom. The number of fused-ring (bicyclic) bond motifs is 1. The van der Waals surface area contributed by atoms with Crippen LogP contribution in [-0.2, 0) is 0 Å². The fourth-order valence-corrected chi connectivity index (χ4v) is 5.07. The normalized spacial score (nSPS) is 18.5. The van der Waals surface area contributed by atoms with E-state index in [2.05, 4.69) is 26.5 Å². The van der Waals surface area contributed by atoms with E-state index in [1.54, 1.807) is 17.5 Å². The van der Waals surface area contributed by atoms with Gasteiger partial charge in [0.25, 0.3) is 5.56 Å². The van der Waals surface area contributed by atoms with Crippen molar-refractivity contribution >= 4 is 33.1 Å². The lowest BCUT2D eigenvalue weighted by atomic mass is 9.96. The summed E-state index contributed by atoms with van der Waals surface area (Å²) in [6, 6.07) is 0.363. The molecule has 146 valence electrons. The van der Waals surface area contributed by atoms with E-state index in [0.29, 0.717) is 11.4 Å². The van der Waals surface area contributed by atoms with Crippen LogP contribution in [0, 0.1) is 0 Å². The van der Waals surface area contributed by atoms with Gasteiger partial charge in [-0.2, -0.15) is 5.10 Å². The molecule has 0 amide bonds. The summed E-state index contributed by atoms with van der Waals surface area (Å²) < 4.78 is 1.99. The second-order valence-electron chi connectivity index (χ2n) is 7.97. The van der Waals surface area contributed by atoms with Crippen LogP contribution in [0.5, 0.6) is 0 Å². The second-order valence-corrected chi connectivity index (χ2v) is 8.80. The van der Waals surface area contributed by atoms with Gasteiger partial charge in [-0.05, 0) is 25.3 Å². The predicted molar refractivity (Wildman–Crippen MR) is 112 cm³/mol. The van der Waals surface area contributed by atoms with Crippen LogP contribution >= 0.6 is 11.3 Å². The molecule has 7 nitrogen and oxygen atoms in total. The molecule has 2 fully saturated rings. The van der Waals surface area contributed by atoms with Gasteiger partial charge < -0.3 is 9.88 Å². The summed E-state index contributed by atoms with van der Waals surface area (Å²) in [7, 11) is 0. The number of nitrogens with one attached hydrogen (secondary N) is 1. The first-order chi connectivity index (χ1) is 13.6. The summed E-state index contributed by atoms with van der Waals surface area (Å²) in [6.45, 7) is 7.55. The summed E-state index contributed by atoms with van der Waals surface area (Å²) in [4.78, 5) is 27.3. The van der Waals surface area contributed by atoms with Crippen molar-refractivity contribution in [2.24, 2.45) is 0 Å². The average molecular weight is 397 g/mol. The Morgan fingerprint density at radius 1 is 1.25 bits per heavy atom. The number of anilines is 1. The van der Waals surface area contributed by atoms with E-state index in [9.17, 15) is 4.79 Å². The summed E-state index contributed by atoms with van der Waals surface area (Å²) in [5.41, 5.74) is 2.59. The summed E-state index contributed by atoms with van der Waals surface area (Å²) in [5.74, 6) is 0.979. The van der Waals surface area contributed by atoms with Gasteiger partial charge in [0.15, 0.2) is 10.8 Å². The Bertz CT molecular complexity index is 1080. The molecule has 3 aromatic heterocycles. The van der Waals surface area contributed by atoms with E-state index in [-0.39, 0.29) is 11.5 Å². The zero-order valence-corrected chi connectivity index (χ0v) is 16.8. The van der Waals surface area contributed by atoms with Crippen LogP contribution in [0.4, 0.5) is 5.13 Å². The van der Waals surface area contributed by atoms with Gasteiger partial charge in [0.2, 0.25) is 0 Å². The lowest BCUT2D eigenvalue weighted by Gasteiger charge is -2.38. The van der Waals surface area contributed by atoms with Crippen LogP contribution in [0.25, 0.3) is 16.6 Å². The number of allylic oxidation sites excluding steroid dienone is 1.